The summed E-state index contributed by atoms with van der Waals surface area (Å²) in [6.45, 7) is 15.5. The van der Waals surface area contributed by atoms with Gasteiger partial charge >= 0.3 is 0 Å². The lowest BCUT2D eigenvalue weighted by Crippen LogP contribution is -2.12. The maximum absolute atomic E-state index is 3.88. The number of hydrogen-bond donors (Lipinski definition) is 0. The van der Waals surface area contributed by atoms with E-state index >= 15 is 0 Å². The van der Waals surface area contributed by atoms with Crippen LogP contribution >= 0.6 is 0 Å². The van der Waals surface area contributed by atoms with E-state index in [9.17, 15) is 0 Å². The van der Waals surface area contributed by atoms with Crippen LogP contribution in [-0.2, 0) is 0 Å². The summed E-state index contributed by atoms with van der Waals surface area (Å²) in [5.74, 6) is 1.56. The van der Waals surface area contributed by atoms with Gasteiger partial charge in [-0.05, 0) is 22.7 Å². The van der Waals surface area contributed by atoms with Crippen molar-refractivity contribution in [3.05, 3.63) is 12.7 Å². The Hall–Kier alpha value is -0.260. The van der Waals surface area contributed by atoms with Gasteiger partial charge in [0.25, 0.3) is 0 Å². The van der Waals surface area contributed by atoms with Crippen LogP contribution in [0, 0.1) is 22.7 Å². The molecule has 64 valence electrons. The third-order valence-corrected chi connectivity index (χ3v) is 3.10. The van der Waals surface area contributed by atoms with E-state index in [4.69, 9.17) is 0 Å². The Bertz CT molecular complexity index is 169. The van der Waals surface area contributed by atoms with Crippen LogP contribution in [0.25, 0.3) is 0 Å². The molecule has 0 aliphatic heterocycles. The largest absolute Gasteiger partial charge is 0.103 e. The Morgan fingerprint density at radius 1 is 1.27 bits per heavy atom. The Kier molecular flexibility index (Phi) is 1.70. The zero-order chi connectivity index (χ0) is 8.86. The molecule has 1 rings (SSSR count). The lowest BCUT2D eigenvalue weighted by atomic mass is 9.85. The van der Waals surface area contributed by atoms with Crippen LogP contribution in [0.4, 0.5) is 0 Å². The highest BCUT2D eigenvalue weighted by Crippen LogP contribution is 2.65. The number of hydrogen-bond acceptors (Lipinski definition) is 0. The van der Waals surface area contributed by atoms with Crippen molar-refractivity contribution in [1.82, 2.24) is 0 Å². The minimum Gasteiger partial charge on any atom is -0.103 e. The van der Waals surface area contributed by atoms with Gasteiger partial charge in [0, 0.05) is 0 Å². The first-order valence-electron chi connectivity index (χ1n) is 4.44. The van der Waals surface area contributed by atoms with Crippen molar-refractivity contribution in [2.45, 2.75) is 34.6 Å². The van der Waals surface area contributed by atoms with E-state index in [0.717, 1.165) is 11.8 Å². The van der Waals surface area contributed by atoms with E-state index in [1.165, 1.54) is 0 Å². The summed E-state index contributed by atoms with van der Waals surface area (Å²) in [6.07, 6.45) is 2.12. The highest BCUT2D eigenvalue weighted by molar-refractivity contribution is 5.15. The van der Waals surface area contributed by atoms with Crippen LogP contribution in [0.5, 0.6) is 0 Å². The van der Waals surface area contributed by atoms with Crippen molar-refractivity contribution in [2.24, 2.45) is 22.7 Å². The standard InChI is InChI=1S/C11H20/c1-7-8-9(10(2,3)4)11(8,5)6/h7-9H,1H2,2-6H3. The second-order valence-corrected chi connectivity index (χ2v) is 5.43. The van der Waals surface area contributed by atoms with Crippen LogP contribution in [0.1, 0.15) is 34.6 Å². The summed E-state index contributed by atoms with van der Waals surface area (Å²) < 4.78 is 0. The molecule has 0 aromatic carbocycles. The van der Waals surface area contributed by atoms with Crippen LogP contribution in [0.2, 0.25) is 0 Å². The van der Waals surface area contributed by atoms with E-state index in [0.29, 0.717) is 10.8 Å². The molecule has 0 saturated heterocycles. The van der Waals surface area contributed by atoms with Gasteiger partial charge in [-0.25, -0.2) is 0 Å². The van der Waals surface area contributed by atoms with Crippen molar-refractivity contribution in [1.29, 1.82) is 0 Å². The Morgan fingerprint density at radius 2 is 1.73 bits per heavy atom. The highest BCUT2D eigenvalue weighted by atomic mass is 14.6. The maximum atomic E-state index is 3.88. The Labute approximate surface area is 70.7 Å². The summed E-state index contributed by atoms with van der Waals surface area (Å²) >= 11 is 0. The number of allylic oxidation sites excluding steroid dienone is 1. The fraction of sp³-hybridized carbons (Fsp3) is 0.818. The topological polar surface area (TPSA) is 0 Å². The normalized spacial score (nSPS) is 35.0. The average Bonchev–Trinajstić information content (AvgIpc) is 2.31. The molecule has 0 nitrogen and oxygen atoms in total. The smallest absolute Gasteiger partial charge is 0.0143 e. The average molecular weight is 152 g/mol. The molecule has 0 N–H and O–H groups in total. The molecular weight excluding hydrogens is 132 g/mol. The zero-order valence-electron chi connectivity index (χ0n) is 8.44. The molecule has 0 radical (unpaired) electrons. The molecule has 1 aliphatic carbocycles. The number of rotatable bonds is 1. The molecule has 0 amide bonds. The maximum Gasteiger partial charge on any atom is -0.0143 e. The van der Waals surface area contributed by atoms with E-state index in [1.807, 2.05) is 0 Å². The predicted molar refractivity (Wildman–Crippen MR) is 50.4 cm³/mol. The third-order valence-electron chi connectivity index (χ3n) is 3.10. The molecule has 0 bridgehead atoms. The van der Waals surface area contributed by atoms with Crippen LogP contribution in [-0.4, -0.2) is 0 Å². The predicted octanol–water partition coefficient (Wildman–Crippen LogP) is 3.49. The molecular formula is C11H20. The van der Waals surface area contributed by atoms with Crippen molar-refractivity contribution in [3.63, 3.8) is 0 Å². The second-order valence-electron chi connectivity index (χ2n) is 5.43. The fourth-order valence-electron chi connectivity index (χ4n) is 2.77. The van der Waals surface area contributed by atoms with Gasteiger partial charge in [0.15, 0.2) is 0 Å². The third kappa shape index (κ3) is 1.23. The Morgan fingerprint density at radius 3 is 1.82 bits per heavy atom. The lowest BCUT2D eigenvalue weighted by Gasteiger charge is -2.19. The minimum absolute atomic E-state index is 0.447. The van der Waals surface area contributed by atoms with E-state index < -0.39 is 0 Å². The molecule has 0 spiro atoms. The van der Waals surface area contributed by atoms with Gasteiger partial charge in [-0.1, -0.05) is 40.7 Å². The van der Waals surface area contributed by atoms with Gasteiger partial charge in [-0.15, -0.1) is 6.58 Å². The molecule has 2 unspecified atom stereocenters. The van der Waals surface area contributed by atoms with Gasteiger partial charge < -0.3 is 0 Å². The Balaban J connectivity index is 2.74. The highest BCUT2D eigenvalue weighted by Gasteiger charge is 2.60. The molecule has 1 aliphatic rings. The van der Waals surface area contributed by atoms with E-state index in [-0.39, 0.29) is 0 Å². The van der Waals surface area contributed by atoms with Gasteiger partial charge in [0.1, 0.15) is 0 Å². The quantitative estimate of drug-likeness (QED) is 0.504. The summed E-state index contributed by atoms with van der Waals surface area (Å²) in [7, 11) is 0. The molecule has 1 saturated carbocycles. The van der Waals surface area contributed by atoms with Gasteiger partial charge in [0.2, 0.25) is 0 Å². The first-order valence-corrected chi connectivity index (χ1v) is 4.44. The summed E-state index contributed by atoms with van der Waals surface area (Å²) in [6, 6.07) is 0. The molecule has 0 aromatic heterocycles. The monoisotopic (exact) mass is 152 g/mol. The lowest BCUT2D eigenvalue weighted by molar-refractivity contribution is 0.298. The molecule has 11 heavy (non-hydrogen) atoms. The van der Waals surface area contributed by atoms with E-state index in [2.05, 4.69) is 47.3 Å². The molecule has 1 fully saturated rings. The summed E-state index contributed by atoms with van der Waals surface area (Å²) in [5.41, 5.74) is 0.947. The van der Waals surface area contributed by atoms with Crippen molar-refractivity contribution < 1.29 is 0 Å². The first-order chi connectivity index (χ1) is 4.81. The van der Waals surface area contributed by atoms with Crippen LogP contribution in [0.3, 0.4) is 0 Å². The van der Waals surface area contributed by atoms with Crippen molar-refractivity contribution in [2.75, 3.05) is 0 Å². The first kappa shape index (κ1) is 8.83. The van der Waals surface area contributed by atoms with Crippen LogP contribution < -0.4 is 0 Å². The SMILES string of the molecule is C=CC1C(C(C)(C)C)C1(C)C. The second kappa shape index (κ2) is 2.12. The van der Waals surface area contributed by atoms with Crippen molar-refractivity contribution >= 4 is 0 Å². The molecule has 0 aromatic rings. The molecule has 2 atom stereocenters. The molecule has 0 heterocycles. The minimum atomic E-state index is 0.447. The fourth-order valence-corrected chi connectivity index (χ4v) is 2.77. The van der Waals surface area contributed by atoms with Gasteiger partial charge in [-0.2, -0.15) is 0 Å². The summed E-state index contributed by atoms with van der Waals surface area (Å²) in [4.78, 5) is 0. The van der Waals surface area contributed by atoms with Gasteiger partial charge in [0.05, 0.1) is 0 Å². The van der Waals surface area contributed by atoms with Crippen LogP contribution in [0.15, 0.2) is 12.7 Å². The van der Waals surface area contributed by atoms with E-state index in [1.54, 1.807) is 0 Å². The van der Waals surface area contributed by atoms with Gasteiger partial charge in [-0.3, -0.25) is 0 Å². The molecule has 0 heteroatoms. The van der Waals surface area contributed by atoms with Crippen molar-refractivity contribution in [3.8, 4) is 0 Å². The zero-order valence-corrected chi connectivity index (χ0v) is 8.44. The summed E-state index contributed by atoms with van der Waals surface area (Å²) in [5, 5.41) is 0.